The van der Waals surface area contributed by atoms with Crippen LogP contribution in [0.1, 0.15) is 12.6 Å². The maximum absolute atomic E-state index is 4.33. The first kappa shape index (κ1) is 7.73. The van der Waals surface area contributed by atoms with Crippen molar-refractivity contribution in [2.45, 2.75) is 13.3 Å². The second kappa shape index (κ2) is 2.86. The number of imidazole rings is 1. The van der Waals surface area contributed by atoms with Gasteiger partial charge < -0.3 is 0 Å². The number of rotatable bonds is 1. The lowest BCUT2D eigenvalue weighted by Gasteiger charge is -2.00. The first-order valence-electron chi connectivity index (χ1n) is 3.71. The van der Waals surface area contributed by atoms with Gasteiger partial charge in [0.1, 0.15) is 6.20 Å². The van der Waals surface area contributed by atoms with Crippen molar-refractivity contribution in [3.8, 4) is 0 Å². The van der Waals surface area contributed by atoms with Crippen molar-refractivity contribution < 1.29 is 0 Å². The number of nitrogens with zero attached hydrogens (tertiary/aromatic N) is 3. The van der Waals surface area contributed by atoms with Crippen LogP contribution in [0.2, 0.25) is 0 Å². The Morgan fingerprint density at radius 2 is 2.50 bits per heavy atom. The number of hydrogen-bond acceptors (Lipinski definition) is 2. The van der Waals surface area contributed by atoms with E-state index in [0.717, 1.165) is 16.6 Å². The van der Waals surface area contributed by atoms with Crippen molar-refractivity contribution in [3.05, 3.63) is 28.8 Å². The van der Waals surface area contributed by atoms with Crippen LogP contribution in [0.15, 0.2) is 16.9 Å². The molecule has 12 heavy (non-hydrogen) atoms. The van der Waals surface area contributed by atoms with E-state index in [4.69, 9.17) is 0 Å². The zero-order valence-corrected chi connectivity index (χ0v) is 8.17. The molecule has 0 saturated heterocycles. The second-order valence-corrected chi connectivity index (χ2v) is 3.32. The standard InChI is InChI=1S/C8H7BrN3/c1-2-7-6(9)5-12-4-3-10-8(12)11-7/h4-5H,2H2,1H3. The Morgan fingerprint density at radius 3 is 3.25 bits per heavy atom. The van der Waals surface area contributed by atoms with Crippen molar-refractivity contribution in [3.63, 3.8) is 0 Å². The van der Waals surface area contributed by atoms with Gasteiger partial charge in [0.15, 0.2) is 0 Å². The Balaban J connectivity index is 2.73. The number of halogens is 1. The SMILES string of the molecule is CCc1nc2n[c]cn2cc1Br. The minimum absolute atomic E-state index is 0.704. The fourth-order valence-electron chi connectivity index (χ4n) is 1.06. The molecule has 2 aromatic heterocycles. The highest BCUT2D eigenvalue weighted by atomic mass is 79.9. The van der Waals surface area contributed by atoms with Crippen molar-refractivity contribution in [2.75, 3.05) is 0 Å². The van der Waals surface area contributed by atoms with E-state index < -0.39 is 0 Å². The summed E-state index contributed by atoms with van der Waals surface area (Å²) in [5, 5.41) is 0. The summed E-state index contributed by atoms with van der Waals surface area (Å²) in [7, 11) is 0. The molecule has 4 heteroatoms. The molecule has 0 spiro atoms. The molecular weight excluding hydrogens is 218 g/mol. The summed E-state index contributed by atoms with van der Waals surface area (Å²) in [6.07, 6.45) is 7.36. The highest BCUT2D eigenvalue weighted by Gasteiger charge is 2.02. The van der Waals surface area contributed by atoms with E-state index >= 15 is 0 Å². The molecule has 2 rings (SSSR count). The summed E-state index contributed by atoms with van der Waals surface area (Å²) < 4.78 is 2.85. The molecule has 0 atom stereocenters. The molecular formula is C8H7BrN3. The molecule has 0 aliphatic carbocycles. The fourth-order valence-corrected chi connectivity index (χ4v) is 1.65. The number of aryl methyl sites for hydroxylation is 1. The zero-order valence-electron chi connectivity index (χ0n) is 6.58. The van der Waals surface area contributed by atoms with Crippen molar-refractivity contribution in [1.29, 1.82) is 0 Å². The van der Waals surface area contributed by atoms with E-state index in [9.17, 15) is 0 Å². The van der Waals surface area contributed by atoms with Gasteiger partial charge in [-0.25, -0.2) is 9.97 Å². The normalized spacial score (nSPS) is 10.8. The van der Waals surface area contributed by atoms with Crippen LogP contribution < -0.4 is 0 Å². The first-order chi connectivity index (χ1) is 5.81. The number of aromatic nitrogens is 3. The lowest BCUT2D eigenvalue weighted by molar-refractivity contribution is 0.978. The van der Waals surface area contributed by atoms with Gasteiger partial charge in [-0.2, -0.15) is 0 Å². The van der Waals surface area contributed by atoms with Crippen molar-refractivity contribution >= 4 is 21.7 Å². The summed E-state index contributed by atoms with van der Waals surface area (Å²) in [5.41, 5.74) is 1.03. The van der Waals surface area contributed by atoms with Crippen molar-refractivity contribution in [2.24, 2.45) is 0 Å². The van der Waals surface area contributed by atoms with Crippen LogP contribution in [0.5, 0.6) is 0 Å². The molecule has 3 nitrogen and oxygen atoms in total. The third-order valence-corrected chi connectivity index (χ3v) is 2.35. The summed E-state index contributed by atoms with van der Waals surface area (Å²) in [6, 6.07) is 0. The fraction of sp³-hybridized carbons (Fsp3) is 0.250. The first-order valence-corrected chi connectivity index (χ1v) is 4.50. The molecule has 0 unspecified atom stereocenters. The van der Waals surface area contributed by atoms with Crippen LogP contribution in [0.3, 0.4) is 0 Å². The quantitative estimate of drug-likeness (QED) is 0.741. The molecule has 0 aliphatic rings. The molecule has 0 saturated carbocycles. The van der Waals surface area contributed by atoms with Crippen LogP contribution in [0.25, 0.3) is 5.78 Å². The monoisotopic (exact) mass is 224 g/mol. The van der Waals surface area contributed by atoms with Crippen LogP contribution >= 0.6 is 15.9 Å². The molecule has 2 aromatic rings. The van der Waals surface area contributed by atoms with Gasteiger partial charge in [-0.15, -0.1) is 0 Å². The van der Waals surface area contributed by atoms with E-state index in [1.54, 1.807) is 6.20 Å². The topological polar surface area (TPSA) is 30.2 Å². The van der Waals surface area contributed by atoms with Crippen LogP contribution in [-0.2, 0) is 6.42 Å². The van der Waals surface area contributed by atoms with Crippen LogP contribution in [-0.4, -0.2) is 14.4 Å². The smallest absolute Gasteiger partial charge is 0.234 e. The van der Waals surface area contributed by atoms with Gasteiger partial charge in [0.25, 0.3) is 0 Å². The van der Waals surface area contributed by atoms with Crippen LogP contribution in [0.4, 0.5) is 0 Å². The Hall–Kier alpha value is -0.900. The predicted octanol–water partition coefficient (Wildman–Crippen LogP) is 1.85. The molecule has 0 N–H and O–H groups in total. The average molecular weight is 225 g/mol. The number of fused-ring (bicyclic) bond motifs is 1. The van der Waals surface area contributed by atoms with Gasteiger partial charge in [0, 0.05) is 12.4 Å². The highest BCUT2D eigenvalue weighted by Crippen LogP contribution is 2.15. The average Bonchev–Trinajstić information content (AvgIpc) is 2.49. The molecule has 2 heterocycles. The second-order valence-electron chi connectivity index (χ2n) is 2.47. The highest BCUT2D eigenvalue weighted by molar-refractivity contribution is 9.10. The molecule has 61 valence electrons. The molecule has 0 bridgehead atoms. The zero-order chi connectivity index (χ0) is 8.55. The van der Waals surface area contributed by atoms with Gasteiger partial charge in [0.2, 0.25) is 5.78 Å². The summed E-state index contributed by atoms with van der Waals surface area (Å²) in [5.74, 6) is 0.704. The van der Waals surface area contributed by atoms with E-state index in [1.807, 2.05) is 10.6 Å². The maximum Gasteiger partial charge on any atom is 0.234 e. The van der Waals surface area contributed by atoms with Gasteiger partial charge in [-0.3, -0.25) is 4.40 Å². The molecule has 0 aliphatic heterocycles. The third kappa shape index (κ3) is 1.12. The number of hydrogen-bond donors (Lipinski definition) is 0. The lowest BCUT2D eigenvalue weighted by Crippen LogP contribution is -1.94. The van der Waals surface area contributed by atoms with E-state index in [1.165, 1.54) is 0 Å². The summed E-state index contributed by atoms with van der Waals surface area (Å²) in [4.78, 5) is 8.30. The lowest BCUT2D eigenvalue weighted by atomic mass is 10.3. The van der Waals surface area contributed by atoms with E-state index in [2.05, 4.69) is 39.0 Å². The molecule has 0 fully saturated rings. The predicted molar refractivity (Wildman–Crippen MR) is 48.9 cm³/mol. The van der Waals surface area contributed by atoms with Crippen LogP contribution in [0, 0.1) is 6.20 Å². The Kier molecular flexibility index (Phi) is 1.84. The van der Waals surface area contributed by atoms with Gasteiger partial charge in [0.05, 0.1) is 10.2 Å². The maximum atomic E-state index is 4.33. The van der Waals surface area contributed by atoms with E-state index in [0.29, 0.717) is 5.78 Å². The Bertz CT molecular complexity index is 408. The molecule has 0 amide bonds. The van der Waals surface area contributed by atoms with Gasteiger partial charge in [-0.05, 0) is 22.4 Å². The van der Waals surface area contributed by atoms with E-state index in [-0.39, 0.29) is 0 Å². The van der Waals surface area contributed by atoms with Gasteiger partial charge >= 0.3 is 0 Å². The largest absolute Gasteiger partial charge is 0.289 e. The van der Waals surface area contributed by atoms with Gasteiger partial charge in [-0.1, -0.05) is 6.92 Å². The molecule has 1 radical (unpaired) electrons. The summed E-state index contributed by atoms with van der Waals surface area (Å²) >= 11 is 3.44. The van der Waals surface area contributed by atoms with Crippen molar-refractivity contribution in [1.82, 2.24) is 14.4 Å². The Morgan fingerprint density at radius 1 is 1.67 bits per heavy atom. The summed E-state index contributed by atoms with van der Waals surface area (Å²) in [6.45, 7) is 2.07. The minimum Gasteiger partial charge on any atom is -0.289 e. The minimum atomic E-state index is 0.704. The third-order valence-electron chi connectivity index (χ3n) is 1.69. The Labute approximate surface area is 78.6 Å². The molecule has 0 aromatic carbocycles.